The Morgan fingerprint density at radius 3 is 1.50 bits per heavy atom. The van der Waals surface area contributed by atoms with Crippen molar-refractivity contribution >= 4 is 45.7 Å². The molecule has 0 radical (unpaired) electrons. The van der Waals surface area contributed by atoms with Gasteiger partial charge in [0.25, 0.3) is 23.9 Å². The average molecular weight is 420 g/mol. The molecule has 0 amide bonds. The zero-order valence-corrected chi connectivity index (χ0v) is 16.9. The number of carboxylic acids is 4. The summed E-state index contributed by atoms with van der Waals surface area (Å²) in [7, 11) is 0. The van der Waals surface area contributed by atoms with Crippen molar-refractivity contribution in [2.24, 2.45) is 0 Å². The minimum atomic E-state index is -0.833. The molecule has 0 fully saturated rings. The van der Waals surface area contributed by atoms with Crippen molar-refractivity contribution < 1.29 is 39.6 Å². The van der Waals surface area contributed by atoms with E-state index in [9.17, 15) is 0 Å². The lowest BCUT2D eigenvalue weighted by atomic mass is 10.1. The van der Waals surface area contributed by atoms with Crippen LogP contribution >= 0.6 is 0 Å². The van der Waals surface area contributed by atoms with Gasteiger partial charge >= 0.3 is 0 Å². The van der Waals surface area contributed by atoms with Gasteiger partial charge in [0.1, 0.15) is 0 Å². The lowest BCUT2D eigenvalue weighted by Gasteiger charge is -2.00. The molecule has 0 saturated carbocycles. The zero-order chi connectivity index (χ0) is 23.7. The van der Waals surface area contributed by atoms with Crippen molar-refractivity contribution in [3.63, 3.8) is 0 Å². The Labute approximate surface area is 172 Å². The van der Waals surface area contributed by atoms with Crippen LogP contribution in [0.25, 0.3) is 21.8 Å². The van der Waals surface area contributed by atoms with Gasteiger partial charge in [-0.2, -0.15) is 0 Å². The summed E-state index contributed by atoms with van der Waals surface area (Å²) in [5.41, 5.74) is 2.02. The highest BCUT2D eigenvalue weighted by Crippen LogP contribution is 2.20. The van der Waals surface area contributed by atoms with Crippen molar-refractivity contribution in [3.8, 4) is 0 Å². The molecule has 10 heteroatoms. The number of rotatable bonds is 0. The number of hydrogen-bond acceptors (Lipinski definition) is 6. The summed E-state index contributed by atoms with van der Waals surface area (Å²) in [6.07, 6.45) is 3.62. The summed E-state index contributed by atoms with van der Waals surface area (Å²) in [5, 5.41) is 31.9. The number of hydrogen-bond donors (Lipinski definition) is 4. The topological polar surface area (TPSA) is 175 Å². The van der Waals surface area contributed by atoms with Gasteiger partial charge in [-0.15, -0.1) is 0 Å². The quantitative estimate of drug-likeness (QED) is 0.395. The van der Waals surface area contributed by atoms with Crippen molar-refractivity contribution in [3.05, 3.63) is 48.8 Å². The van der Waals surface area contributed by atoms with Crippen molar-refractivity contribution in [1.82, 2.24) is 9.97 Å². The molecule has 0 unspecified atom stereocenters. The van der Waals surface area contributed by atoms with E-state index >= 15 is 0 Å². The van der Waals surface area contributed by atoms with Crippen molar-refractivity contribution in [2.45, 2.75) is 27.7 Å². The molecule has 0 bridgehead atoms. The molecule has 162 valence electrons. The van der Waals surface area contributed by atoms with E-state index in [4.69, 9.17) is 39.6 Å². The maximum atomic E-state index is 9.00. The molecule has 4 N–H and O–H groups in total. The molecule has 0 atom stereocenters. The van der Waals surface area contributed by atoms with E-state index in [2.05, 4.69) is 28.2 Å². The molecule has 10 nitrogen and oxygen atoms in total. The molecule has 3 rings (SSSR count). The highest BCUT2D eigenvalue weighted by atomic mass is 16.4. The fourth-order valence-corrected chi connectivity index (χ4v) is 1.70. The fraction of sp³-hybridized carbons (Fsp3) is 0.200. The van der Waals surface area contributed by atoms with Crippen LogP contribution in [0.1, 0.15) is 27.7 Å². The highest BCUT2D eigenvalue weighted by molar-refractivity contribution is 6.03. The number of pyridine rings is 2. The highest BCUT2D eigenvalue weighted by Gasteiger charge is 1.99. The van der Waals surface area contributed by atoms with Crippen molar-refractivity contribution in [1.29, 1.82) is 0 Å². The van der Waals surface area contributed by atoms with E-state index in [1.54, 1.807) is 6.20 Å². The second-order valence-electron chi connectivity index (χ2n) is 5.29. The molecule has 30 heavy (non-hydrogen) atoms. The summed E-state index contributed by atoms with van der Waals surface area (Å²) >= 11 is 0. The monoisotopic (exact) mass is 420 g/mol. The number of fused-ring (bicyclic) bond motifs is 3. The van der Waals surface area contributed by atoms with Crippen LogP contribution in [0.4, 0.5) is 0 Å². The molecule has 0 aliphatic carbocycles. The predicted octanol–water partition coefficient (Wildman–Crippen LogP) is 3.15. The third-order valence-corrected chi connectivity index (χ3v) is 2.35. The number of carbonyl (C=O) groups is 4. The summed E-state index contributed by atoms with van der Waals surface area (Å²) in [5.74, 6) is -3.33. The summed E-state index contributed by atoms with van der Waals surface area (Å²) in [6.45, 7) is 4.33. The SMILES string of the molecule is CC(=O)O.CC(=O)O.CC(=O)O.CC(=O)O.c1cnc2c(c1)ccc1ncccc12. The second kappa shape index (κ2) is 15.9. The van der Waals surface area contributed by atoms with E-state index in [1.807, 2.05) is 24.4 Å². The van der Waals surface area contributed by atoms with Gasteiger partial charge < -0.3 is 20.4 Å². The molecule has 1 aromatic carbocycles. The first-order valence-electron chi connectivity index (χ1n) is 8.25. The van der Waals surface area contributed by atoms with Crippen LogP contribution in [0, 0.1) is 0 Å². The number of nitrogens with zero attached hydrogens (tertiary/aromatic N) is 2. The molecule has 2 aromatic heterocycles. The molecule has 2 heterocycles. The first kappa shape index (κ1) is 28.1. The third-order valence-electron chi connectivity index (χ3n) is 2.35. The first-order chi connectivity index (χ1) is 13.9. The standard InChI is InChI=1S/C12H8N2.4C2H4O2/c1-3-9-5-6-11-10(4-2-7-13-11)12(9)14-8-1;4*1-2(3)4/h1-8H;4*1H3,(H,3,4). The Balaban J connectivity index is 0. The van der Waals surface area contributed by atoms with E-state index in [0.717, 1.165) is 49.5 Å². The van der Waals surface area contributed by atoms with Crippen LogP contribution < -0.4 is 0 Å². The Morgan fingerprint density at radius 1 is 0.633 bits per heavy atom. The van der Waals surface area contributed by atoms with Crippen LogP contribution in [0.3, 0.4) is 0 Å². The number of aliphatic carboxylic acids is 4. The van der Waals surface area contributed by atoms with Gasteiger partial charge in [0.05, 0.1) is 11.0 Å². The Hall–Kier alpha value is -4.08. The normalized spacial score (nSPS) is 8.40. The van der Waals surface area contributed by atoms with E-state index < -0.39 is 23.9 Å². The molecular formula is C20H24N2O8. The zero-order valence-electron chi connectivity index (χ0n) is 16.9. The average Bonchev–Trinajstić information content (AvgIpc) is 2.60. The molecule has 0 saturated heterocycles. The van der Waals surface area contributed by atoms with Crippen LogP contribution in [-0.2, 0) is 19.2 Å². The Morgan fingerprint density at radius 2 is 1.03 bits per heavy atom. The largest absolute Gasteiger partial charge is 0.481 e. The number of benzene rings is 1. The minimum absolute atomic E-state index is 0.833. The Kier molecular flexibility index (Phi) is 14.9. The first-order valence-corrected chi connectivity index (χ1v) is 8.25. The van der Waals surface area contributed by atoms with Gasteiger partial charge in [-0.25, -0.2) is 0 Å². The van der Waals surface area contributed by atoms with E-state index in [1.165, 1.54) is 0 Å². The molecule has 0 spiro atoms. The van der Waals surface area contributed by atoms with Gasteiger partial charge in [0.2, 0.25) is 0 Å². The lowest BCUT2D eigenvalue weighted by Crippen LogP contribution is -1.82. The molecule has 0 aliphatic heterocycles. The number of aromatic nitrogens is 2. The summed E-state index contributed by atoms with van der Waals surface area (Å²) in [6, 6.07) is 12.1. The maximum Gasteiger partial charge on any atom is 0.300 e. The molecular weight excluding hydrogens is 396 g/mol. The van der Waals surface area contributed by atoms with Gasteiger partial charge in [0.15, 0.2) is 0 Å². The van der Waals surface area contributed by atoms with Crippen LogP contribution in [0.15, 0.2) is 48.8 Å². The third kappa shape index (κ3) is 17.3. The lowest BCUT2D eigenvalue weighted by molar-refractivity contribution is -0.135. The Bertz CT molecular complexity index is 854. The van der Waals surface area contributed by atoms with E-state index in [-0.39, 0.29) is 0 Å². The summed E-state index contributed by atoms with van der Waals surface area (Å²) < 4.78 is 0. The molecule has 0 aliphatic rings. The van der Waals surface area contributed by atoms with Crippen molar-refractivity contribution in [2.75, 3.05) is 0 Å². The second-order valence-corrected chi connectivity index (χ2v) is 5.29. The fourth-order valence-electron chi connectivity index (χ4n) is 1.70. The summed E-state index contributed by atoms with van der Waals surface area (Å²) in [4.78, 5) is 44.7. The van der Waals surface area contributed by atoms with Gasteiger partial charge in [-0.1, -0.05) is 12.1 Å². The number of carboxylic acid groups (broad SMARTS) is 4. The van der Waals surface area contributed by atoms with E-state index in [0.29, 0.717) is 0 Å². The van der Waals surface area contributed by atoms with Crippen LogP contribution in [0.2, 0.25) is 0 Å². The van der Waals surface area contributed by atoms with Gasteiger partial charge in [0, 0.05) is 50.9 Å². The van der Waals surface area contributed by atoms with Crippen LogP contribution in [0.5, 0.6) is 0 Å². The van der Waals surface area contributed by atoms with Crippen LogP contribution in [-0.4, -0.2) is 54.3 Å². The smallest absolute Gasteiger partial charge is 0.300 e. The molecule has 3 aromatic rings. The predicted molar refractivity (Wildman–Crippen MR) is 110 cm³/mol. The van der Waals surface area contributed by atoms with Gasteiger partial charge in [-0.3, -0.25) is 29.1 Å². The van der Waals surface area contributed by atoms with Gasteiger partial charge in [-0.05, 0) is 24.3 Å². The minimum Gasteiger partial charge on any atom is -0.481 e. The maximum absolute atomic E-state index is 9.00.